The highest BCUT2D eigenvalue weighted by atomic mass is 16.3. The van der Waals surface area contributed by atoms with Gasteiger partial charge in [-0.1, -0.05) is 12.1 Å². The van der Waals surface area contributed by atoms with Crippen molar-refractivity contribution in [3.63, 3.8) is 0 Å². The first-order chi connectivity index (χ1) is 10.2. The van der Waals surface area contributed by atoms with E-state index in [0.717, 1.165) is 23.6 Å². The van der Waals surface area contributed by atoms with Gasteiger partial charge >= 0.3 is 0 Å². The number of aromatic hydroxyl groups is 1. The molecule has 2 aromatic rings. The number of fused-ring (bicyclic) bond motifs is 3. The molecule has 2 aromatic carbocycles. The number of hydrogen-bond acceptors (Lipinski definition) is 3. The van der Waals surface area contributed by atoms with Crippen LogP contribution in [0.15, 0.2) is 36.4 Å². The van der Waals surface area contributed by atoms with Gasteiger partial charge in [0.2, 0.25) is 0 Å². The molecular formula is C17H18N2O2. The Hall–Kier alpha value is -2.07. The molecule has 2 aliphatic heterocycles. The maximum Gasteiger partial charge on any atom is 0.251 e. The van der Waals surface area contributed by atoms with Gasteiger partial charge in [0.05, 0.1) is 0 Å². The molecule has 4 heteroatoms. The average molecular weight is 282 g/mol. The number of phenolic OH excluding ortho intramolecular Hbond substituents is 1. The van der Waals surface area contributed by atoms with E-state index in [2.05, 4.69) is 10.6 Å². The number of carbonyl (C=O) groups is 1. The van der Waals surface area contributed by atoms with E-state index in [1.807, 2.05) is 12.1 Å². The fourth-order valence-corrected chi connectivity index (χ4v) is 3.64. The Balaban J connectivity index is 1.57. The molecule has 108 valence electrons. The van der Waals surface area contributed by atoms with E-state index in [0.29, 0.717) is 17.6 Å². The summed E-state index contributed by atoms with van der Waals surface area (Å²) in [7, 11) is 0. The Kier molecular flexibility index (Phi) is 2.86. The molecule has 2 saturated heterocycles. The van der Waals surface area contributed by atoms with Crippen molar-refractivity contribution >= 4 is 16.7 Å². The minimum absolute atomic E-state index is 0.0282. The van der Waals surface area contributed by atoms with E-state index in [-0.39, 0.29) is 17.7 Å². The van der Waals surface area contributed by atoms with E-state index in [9.17, 15) is 9.90 Å². The molecule has 2 heterocycles. The number of nitrogens with one attached hydrogen (secondary N) is 2. The van der Waals surface area contributed by atoms with Crippen molar-refractivity contribution in [1.82, 2.24) is 10.6 Å². The number of rotatable bonds is 2. The van der Waals surface area contributed by atoms with Crippen LogP contribution in [-0.2, 0) is 0 Å². The van der Waals surface area contributed by atoms with Gasteiger partial charge in [-0.05, 0) is 48.9 Å². The van der Waals surface area contributed by atoms with Gasteiger partial charge < -0.3 is 15.7 Å². The van der Waals surface area contributed by atoms with E-state index in [1.165, 1.54) is 6.42 Å². The second-order valence-corrected chi connectivity index (χ2v) is 6.08. The minimum Gasteiger partial charge on any atom is -0.507 e. The lowest BCUT2D eigenvalue weighted by Gasteiger charge is -2.21. The van der Waals surface area contributed by atoms with E-state index in [1.54, 1.807) is 24.3 Å². The molecule has 0 radical (unpaired) electrons. The first-order valence-corrected chi connectivity index (χ1v) is 7.49. The van der Waals surface area contributed by atoms with Crippen LogP contribution in [0.1, 0.15) is 29.6 Å². The summed E-state index contributed by atoms with van der Waals surface area (Å²) in [5.41, 5.74) is 0.649. The maximum atomic E-state index is 12.4. The molecule has 0 aromatic heterocycles. The lowest BCUT2D eigenvalue weighted by Crippen LogP contribution is -2.42. The summed E-state index contributed by atoms with van der Waals surface area (Å²) in [4.78, 5) is 12.4. The van der Waals surface area contributed by atoms with Crippen molar-refractivity contribution in [1.29, 1.82) is 0 Å². The molecule has 3 unspecified atom stereocenters. The largest absolute Gasteiger partial charge is 0.507 e. The molecule has 0 saturated carbocycles. The summed E-state index contributed by atoms with van der Waals surface area (Å²) in [6, 6.07) is 12.0. The molecule has 3 atom stereocenters. The summed E-state index contributed by atoms with van der Waals surface area (Å²) in [5.74, 6) is 0.219. The highest BCUT2D eigenvalue weighted by Crippen LogP contribution is 2.29. The van der Waals surface area contributed by atoms with Crippen molar-refractivity contribution in [3.8, 4) is 5.75 Å². The zero-order chi connectivity index (χ0) is 14.4. The third kappa shape index (κ3) is 2.16. The minimum atomic E-state index is -0.0282. The Bertz CT molecular complexity index is 713. The Labute approximate surface area is 123 Å². The van der Waals surface area contributed by atoms with Crippen LogP contribution in [0.5, 0.6) is 5.75 Å². The third-order valence-electron chi connectivity index (χ3n) is 4.74. The summed E-state index contributed by atoms with van der Waals surface area (Å²) in [6.07, 6.45) is 3.41. The molecule has 2 fully saturated rings. The summed E-state index contributed by atoms with van der Waals surface area (Å²) in [5, 5.41) is 18.1. The topological polar surface area (TPSA) is 61.4 Å². The molecule has 2 aliphatic rings. The van der Waals surface area contributed by atoms with Gasteiger partial charge in [0.25, 0.3) is 5.91 Å². The van der Waals surface area contributed by atoms with Crippen LogP contribution in [0.2, 0.25) is 0 Å². The number of carbonyl (C=O) groups excluding carboxylic acids is 1. The monoisotopic (exact) mass is 282 g/mol. The molecule has 4 nitrogen and oxygen atoms in total. The third-order valence-corrected chi connectivity index (χ3v) is 4.74. The summed E-state index contributed by atoms with van der Waals surface area (Å²) >= 11 is 0. The van der Waals surface area contributed by atoms with E-state index < -0.39 is 0 Å². The first kappa shape index (κ1) is 12.7. The van der Waals surface area contributed by atoms with Crippen molar-refractivity contribution in [2.75, 3.05) is 0 Å². The molecule has 4 rings (SSSR count). The average Bonchev–Trinajstić information content (AvgIpc) is 3.09. The smallest absolute Gasteiger partial charge is 0.251 e. The molecule has 3 N–H and O–H groups in total. The number of amides is 1. The van der Waals surface area contributed by atoms with Crippen molar-refractivity contribution in [3.05, 3.63) is 42.0 Å². The molecule has 1 amide bonds. The van der Waals surface area contributed by atoms with Crippen LogP contribution in [0.25, 0.3) is 10.8 Å². The maximum absolute atomic E-state index is 12.4. The summed E-state index contributed by atoms with van der Waals surface area (Å²) in [6.45, 7) is 0. The van der Waals surface area contributed by atoms with Gasteiger partial charge in [-0.2, -0.15) is 0 Å². The van der Waals surface area contributed by atoms with Crippen LogP contribution in [0, 0.1) is 0 Å². The standard InChI is InChI=1S/C17H18N2O2/c20-16-3-1-2-10-8-11(4-6-13(10)16)17(21)19-15-9-12-5-7-14(15)18-12/h1-4,6,8,12,14-15,18,20H,5,7,9H2,(H,19,21). The normalized spacial score (nSPS) is 27.1. The van der Waals surface area contributed by atoms with Gasteiger partial charge in [-0.15, -0.1) is 0 Å². The molecular weight excluding hydrogens is 264 g/mol. The SMILES string of the molecule is O=C(NC1CC2CCC1N2)c1ccc2c(O)cccc2c1. The Morgan fingerprint density at radius 3 is 2.90 bits per heavy atom. The second kappa shape index (κ2) is 4.74. The van der Waals surface area contributed by atoms with Gasteiger partial charge in [-0.3, -0.25) is 4.79 Å². The number of benzene rings is 2. The van der Waals surface area contributed by atoms with Crippen LogP contribution in [-0.4, -0.2) is 29.1 Å². The van der Waals surface area contributed by atoms with Gasteiger partial charge in [0.1, 0.15) is 5.75 Å². The van der Waals surface area contributed by atoms with Crippen molar-refractivity contribution < 1.29 is 9.90 Å². The van der Waals surface area contributed by atoms with Gasteiger partial charge in [-0.25, -0.2) is 0 Å². The van der Waals surface area contributed by atoms with Crippen LogP contribution < -0.4 is 10.6 Å². The molecule has 0 spiro atoms. The Morgan fingerprint density at radius 1 is 1.24 bits per heavy atom. The lowest BCUT2D eigenvalue weighted by molar-refractivity contribution is 0.0931. The predicted molar refractivity (Wildman–Crippen MR) is 81.4 cm³/mol. The second-order valence-electron chi connectivity index (χ2n) is 6.08. The fraction of sp³-hybridized carbons (Fsp3) is 0.353. The molecule has 2 bridgehead atoms. The van der Waals surface area contributed by atoms with E-state index in [4.69, 9.17) is 0 Å². The van der Waals surface area contributed by atoms with Crippen LogP contribution >= 0.6 is 0 Å². The van der Waals surface area contributed by atoms with Crippen molar-refractivity contribution in [2.45, 2.75) is 37.4 Å². The quantitative estimate of drug-likeness (QED) is 0.791. The number of phenols is 1. The summed E-state index contributed by atoms with van der Waals surface area (Å²) < 4.78 is 0. The lowest BCUT2D eigenvalue weighted by atomic mass is 9.95. The van der Waals surface area contributed by atoms with E-state index >= 15 is 0 Å². The van der Waals surface area contributed by atoms with Crippen LogP contribution in [0.4, 0.5) is 0 Å². The first-order valence-electron chi connectivity index (χ1n) is 7.49. The fourth-order valence-electron chi connectivity index (χ4n) is 3.64. The van der Waals surface area contributed by atoms with Crippen molar-refractivity contribution in [2.24, 2.45) is 0 Å². The highest BCUT2D eigenvalue weighted by molar-refractivity contribution is 6.00. The van der Waals surface area contributed by atoms with Gasteiger partial charge in [0, 0.05) is 29.1 Å². The highest BCUT2D eigenvalue weighted by Gasteiger charge is 2.39. The van der Waals surface area contributed by atoms with Crippen LogP contribution in [0.3, 0.4) is 0 Å². The predicted octanol–water partition coefficient (Wildman–Crippen LogP) is 2.17. The van der Waals surface area contributed by atoms with Gasteiger partial charge in [0.15, 0.2) is 0 Å². The molecule has 21 heavy (non-hydrogen) atoms. The Morgan fingerprint density at radius 2 is 2.14 bits per heavy atom. The molecule has 0 aliphatic carbocycles. The number of hydrogen-bond donors (Lipinski definition) is 3. The zero-order valence-corrected chi connectivity index (χ0v) is 11.7. The zero-order valence-electron chi connectivity index (χ0n) is 11.7.